The van der Waals surface area contributed by atoms with Gasteiger partial charge in [0, 0.05) is 27.1 Å². The van der Waals surface area contributed by atoms with Gasteiger partial charge in [-0.2, -0.15) is 5.26 Å². The van der Waals surface area contributed by atoms with Gasteiger partial charge in [-0.05, 0) is 50.7 Å². The Kier molecular flexibility index (Phi) is 6.42. The zero-order chi connectivity index (χ0) is 28.0. The highest BCUT2D eigenvalue weighted by Crippen LogP contribution is 2.40. The van der Waals surface area contributed by atoms with Crippen molar-refractivity contribution in [3.63, 3.8) is 0 Å². The Morgan fingerprint density at radius 3 is 1.23 bits per heavy atom. The Balaban J connectivity index is 0.00000300. The standard InChI is InChI=1S/C40H24N2.CH4/c41-25-26-9-11-27(12-10-26)28-13-15-29(16-14-28)30-17-19-33(20-18-30)38-36-23-21-31-5-1-3-7-34(31)39(36)42-40-35-8-4-2-6-32(35)22-24-37(38)40;/h1-24H;1H4. The van der Waals surface area contributed by atoms with E-state index in [1.54, 1.807) is 0 Å². The Labute approximate surface area is 251 Å². The minimum absolute atomic E-state index is 0. The predicted octanol–water partition coefficient (Wildman–Crippen LogP) is 11.2. The van der Waals surface area contributed by atoms with E-state index in [1.165, 1.54) is 43.8 Å². The van der Waals surface area contributed by atoms with Gasteiger partial charge < -0.3 is 0 Å². The summed E-state index contributed by atoms with van der Waals surface area (Å²) in [4.78, 5) is 5.31. The summed E-state index contributed by atoms with van der Waals surface area (Å²) in [6.07, 6.45) is 0. The van der Waals surface area contributed by atoms with E-state index in [9.17, 15) is 0 Å². The van der Waals surface area contributed by atoms with Crippen LogP contribution in [0.2, 0.25) is 0 Å². The van der Waals surface area contributed by atoms with Gasteiger partial charge in [-0.3, -0.25) is 0 Å². The van der Waals surface area contributed by atoms with Crippen molar-refractivity contribution in [1.29, 1.82) is 5.26 Å². The molecule has 0 aliphatic heterocycles. The molecule has 1 heterocycles. The lowest BCUT2D eigenvalue weighted by Gasteiger charge is -2.15. The summed E-state index contributed by atoms with van der Waals surface area (Å²) in [5.41, 5.74) is 9.71. The Hall–Kier alpha value is -5.78. The molecule has 0 N–H and O–H groups in total. The molecule has 43 heavy (non-hydrogen) atoms. The monoisotopic (exact) mass is 548 g/mol. The third-order valence-electron chi connectivity index (χ3n) is 8.30. The first-order chi connectivity index (χ1) is 20.8. The zero-order valence-electron chi connectivity index (χ0n) is 22.8. The van der Waals surface area contributed by atoms with Crippen molar-refractivity contribution in [3.05, 3.63) is 151 Å². The van der Waals surface area contributed by atoms with E-state index >= 15 is 0 Å². The maximum Gasteiger partial charge on any atom is 0.0991 e. The second-order valence-corrected chi connectivity index (χ2v) is 10.7. The predicted molar refractivity (Wildman–Crippen MR) is 182 cm³/mol. The lowest BCUT2D eigenvalue weighted by molar-refractivity contribution is 1.48. The molecule has 202 valence electrons. The van der Waals surface area contributed by atoms with Crippen molar-refractivity contribution in [2.75, 3.05) is 0 Å². The van der Waals surface area contributed by atoms with E-state index in [-0.39, 0.29) is 7.43 Å². The maximum atomic E-state index is 9.09. The molecule has 2 nitrogen and oxygen atoms in total. The topological polar surface area (TPSA) is 36.7 Å². The molecule has 1 aromatic heterocycles. The number of rotatable bonds is 3. The third kappa shape index (κ3) is 4.40. The summed E-state index contributed by atoms with van der Waals surface area (Å²) in [7, 11) is 0. The van der Waals surface area contributed by atoms with E-state index < -0.39 is 0 Å². The van der Waals surface area contributed by atoms with E-state index in [4.69, 9.17) is 10.2 Å². The zero-order valence-corrected chi connectivity index (χ0v) is 22.8. The highest BCUT2D eigenvalue weighted by Gasteiger charge is 2.15. The van der Waals surface area contributed by atoms with Crippen LogP contribution in [0.25, 0.3) is 76.7 Å². The van der Waals surface area contributed by atoms with Crippen LogP contribution in [0, 0.1) is 11.3 Å². The van der Waals surface area contributed by atoms with Crippen LogP contribution in [0.5, 0.6) is 0 Å². The summed E-state index contributed by atoms with van der Waals surface area (Å²) < 4.78 is 0. The molecule has 0 aliphatic carbocycles. The van der Waals surface area contributed by atoms with E-state index in [0.29, 0.717) is 5.56 Å². The molecule has 7 aromatic carbocycles. The van der Waals surface area contributed by atoms with Crippen LogP contribution >= 0.6 is 0 Å². The number of nitrogens with zero attached hydrogens (tertiary/aromatic N) is 2. The number of nitriles is 1. The largest absolute Gasteiger partial charge is 0.246 e. The van der Waals surface area contributed by atoms with Gasteiger partial charge in [-0.25, -0.2) is 4.98 Å². The van der Waals surface area contributed by atoms with Crippen LogP contribution in [0.1, 0.15) is 13.0 Å². The lowest BCUT2D eigenvalue weighted by Crippen LogP contribution is -1.92. The van der Waals surface area contributed by atoms with Gasteiger partial charge in [0.1, 0.15) is 0 Å². The fourth-order valence-corrected chi connectivity index (χ4v) is 6.14. The van der Waals surface area contributed by atoms with Crippen LogP contribution in [0.4, 0.5) is 0 Å². The molecule has 0 spiro atoms. The van der Waals surface area contributed by atoms with E-state index in [1.807, 2.05) is 24.3 Å². The molecule has 0 amide bonds. The van der Waals surface area contributed by atoms with Crippen LogP contribution in [-0.2, 0) is 0 Å². The van der Waals surface area contributed by atoms with Crippen molar-refractivity contribution in [2.24, 2.45) is 0 Å². The van der Waals surface area contributed by atoms with Gasteiger partial charge in [0.05, 0.1) is 22.7 Å². The average Bonchev–Trinajstić information content (AvgIpc) is 3.07. The van der Waals surface area contributed by atoms with E-state index in [2.05, 4.69) is 127 Å². The van der Waals surface area contributed by atoms with Gasteiger partial charge in [0.25, 0.3) is 0 Å². The molecule has 0 saturated carbocycles. The summed E-state index contributed by atoms with van der Waals surface area (Å²) in [6.45, 7) is 0. The summed E-state index contributed by atoms with van der Waals surface area (Å²) in [5, 5.41) is 16.2. The normalized spacial score (nSPS) is 11.0. The van der Waals surface area contributed by atoms with Gasteiger partial charge in [-0.1, -0.05) is 141 Å². The van der Waals surface area contributed by atoms with Crippen molar-refractivity contribution >= 4 is 43.4 Å². The minimum Gasteiger partial charge on any atom is -0.246 e. The second-order valence-electron chi connectivity index (χ2n) is 10.7. The molecule has 8 aromatic rings. The number of aromatic nitrogens is 1. The van der Waals surface area contributed by atoms with Crippen LogP contribution < -0.4 is 0 Å². The number of benzene rings is 7. The van der Waals surface area contributed by atoms with Crippen LogP contribution in [0.15, 0.2) is 146 Å². The Morgan fingerprint density at radius 1 is 0.395 bits per heavy atom. The third-order valence-corrected chi connectivity index (χ3v) is 8.30. The molecule has 0 radical (unpaired) electrons. The molecule has 0 saturated heterocycles. The number of pyridine rings is 1. The Morgan fingerprint density at radius 2 is 0.791 bits per heavy atom. The van der Waals surface area contributed by atoms with Crippen molar-refractivity contribution in [1.82, 2.24) is 4.98 Å². The first kappa shape index (κ1) is 26.1. The summed E-state index contributed by atoms with van der Waals surface area (Å²) in [6, 6.07) is 53.3. The minimum atomic E-state index is 0. The number of fused-ring (bicyclic) bond motifs is 6. The van der Waals surface area contributed by atoms with Crippen LogP contribution in [-0.4, -0.2) is 4.98 Å². The first-order valence-electron chi connectivity index (χ1n) is 14.1. The van der Waals surface area contributed by atoms with Crippen molar-refractivity contribution < 1.29 is 0 Å². The van der Waals surface area contributed by atoms with Gasteiger partial charge in [0.2, 0.25) is 0 Å². The average molecular weight is 549 g/mol. The van der Waals surface area contributed by atoms with E-state index in [0.717, 1.165) is 32.9 Å². The SMILES string of the molecule is C.N#Cc1ccc(-c2ccc(-c3ccc(-c4c5ccc6ccccc6c5nc5c4ccc4ccccc45)cc3)cc2)cc1. The molecule has 0 unspecified atom stereocenters. The van der Waals surface area contributed by atoms with Gasteiger partial charge in [-0.15, -0.1) is 0 Å². The summed E-state index contributed by atoms with van der Waals surface area (Å²) >= 11 is 0. The lowest BCUT2D eigenvalue weighted by atomic mass is 9.91. The molecular formula is C41H28N2. The molecule has 0 atom stereocenters. The smallest absolute Gasteiger partial charge is 0.0991 e. The molecule has 8 rings (SSSR count). The molecular weight excluding hydrogens is 520 g/mol. The molecule has 0 bridgehead atoms. The van der Waals surface area contributed by atoms with Crippen LogP contribution in [0.3, 0.4) is 0 Å². The van der Waals surface area contributed by atoms with Gasteiger partial charge >= 0.3 is 0 Å². The fraction of sp³-hybridized carbons (Fsp3) is 0.0244. The highest BCUT2D eigenvalue weighted by atomic mass is 14.7. The molecule has 0 aliphatic rings. The highest BCUT2D eigenvalue weighted by molar-refractivity contribution is 6.21. The number of hydrogen-bond donors (Lipinski definition) is 0. The van der Waals surface area contributed by atoms with Crippen molar-refractivity contribution in [3.8, 4) is 39.4 Å². The fourth-order valence-electron chi connectivity index (χ4n) is 6.14. The maximum absolute atomic E-state index is 9.09. The summed E-state index contributed by atoms with van der Waals surface area (Å²) in [5.74, 6) is 0. The quantitative estimate of drug-likeness (QED) is 0.163. The molecule has 0 fully saturated rings. The molecule has 2 heteroatoms. The Bertz CT molecular complexity index is 2230. The van der Waals surface area contributed by atoms with Gasteiger partial charge in [0.15, 0.2) is 0 Å². The van der Waals surface area contributed by atoms with Crippen molar-refractivity contribution in [2.45, 2.75) is 7.43 Å². The first-order valence-corrected chi connectivity index (χ1v) is 14.1. The second kappa shape index (κ2) is 10.6. The number of hydrogen-bond acceptors (Lipinski definition) is 2.